The van der Waals surface area contributed by atoms with Gasteiger partial charge in [0.1, 0.15) is 0 Å². The van der Waals surface area contributed by atoms with Crippen LogP contribution in [-0.2, 0) is 20.1 Å². The molecule has 1 saturated heterocycles. The van der Waals surface area contributed by atoms with E-state index in [-0.39, 0.29) is 22.8 Å². The average molecular weight is 486 g/mol. The van der Waals surface area contributed by atoms with Crippen LogP contribution in [0.1, 0.15) is 58.6 Å². The first-order chi connectivity index (χ1) is 15.4. The van der Waals surface area contributed by atoms with E-state index in [0.717, 1.165) is 31.5 Å². The van der Waals surface area contributed by atoms with Crippen LogP contribution in [-0.4, -0.2) is 39.0 Å². The zero-order chi connectivity index (χ0) is 24.4. The van der Waals surface area contributed by atoms with Crippen LogP contribution in [0, 0.1) is 5.41 Å². The summed E-state index contributed by atoms with van der Waals surface area (Å²) in [5, 5.41) is 0.689. The van der Waals surface area contributed by atoms with Gasteiger partial charge in [-0.3, -0.25) is 4.79 Å². The first-order valence-electron chi connectivity index (χ1n) is 12.1. The van der Waals surface area contributed by atoms with Crippen LogP contribution in [0.25, 0.3) is 0 Å². The minimum atomic E-state index is -1.27. The summed E-state index contributed by atoms with van der Waals surface area (Å²) in [5.74, 6) is 0.179. The fraction of sp³-hybridized carbons (Fsp3) is 0.536. The Morgan fingerprint density at radius 3 is 2.00 bits per heavy atom. The second kappa shape index (κ2) is 9.93. The second-order valence-electron chi connectivity index (χ2n) is 11.4. The largest absolute Gasteiger partial charge is 0.416 e. The van der Waals surface area contributed by atoms with Crippen LogP contribution in [0.2, 0.25) is 18.1 Å². The molecule has 1 aliphatic heterocycles. The molecule has 0 saturated carbocycles. The maximum Gasteiger partial charge on any atom is 0.232 e. The predicted molar refractivity (Wildman–Crippen MR) is 142 cm³/mol. The van der Waals surface area contributed by atoms with Gasteiger partial charge in [-0.15, -0.1) is 0 Å². The first kappa shape index (κ1) is 26.0. The van der Waals surface area contributed by atoms with Crippen LogP contribution in [0.5, 0.6) is 0 Å². The van der Waals surface area contributed by atoms with E-state index in [9.17, 15) is 4.79 Å². The van der Waals surface area contributed by atoms with Crippen LogP contribution < -0.4 is 0 Å². The molecule has 5 heteroatoms. The number of halogens is 1. The molecule has 0 bridgehead atoms. The first-order valence-corrected chi connectivity index (χ1v) is 15.3. The molecule has 3 rings (SSSR count). The summed E-state index contributed by atoms with van der Waals surface area (Å²) in [7, 11) is -1.27. The minimum absolute atomic E-state index is 0.00185. The van der Waals surface area contributed by atoms with Gasteiger partial charge >= 0.3 is 0 Å². The van der Waals surface area contributed by atoms with E-state index >= 15 is 0 Å². The molecule has 1 amide bonds. The van der Waals surface area contributed by atoms with Gasteiger partial charge in [0.15, 0.2) is 9.04 Å². The summed E-state index contributed by atoms with van der Waals surface area (Å²) >= 11 is 6.08. The van der Waals surface area contributed by atoms with Crippen LogP contribution in [0.3, 0.4) is 0 Å². The fourth-order valence-electron chi connectivity index (χ4n) is 5.40. The van der Waals surface area contributed by atoms with Gasteiger partial charge in [0, 0.05) is 23.5 Å². The predicted octanol–water partition coefficient (Wildman–Crippen LogP) is 6.59. The standard InChI is InChI=1S/C28H40ClNO2Si/c1-26(2,3)24(32-33(6)7)28(22-11-9-8-10-12-22)17-19-30(20-18-28)25(31)27(4,5)21-13-15-23(29)16-14-21/h8-16,24,33H,17-20H2,1-7H3. The van der Waals surface area contributed by atoms with E-state index in [1.807, 2.05) is 38.1 Å². The van der Waals surface area contributed by atoms with Crippen molar-refractivity contribution in [2.45, 2.75) is 77.5 Å². The van der Waals surface area contributed by atoms with E-state index in [1.54, 1.807) is 0 Å². The highest BCUT2D eigenvalue weighted by Crippen LogP contribution is 2.47. The SMILES string of the molecule is C[SiH](C)OC(C(C)(C)C)C1(c2ccccc2)CCN(C(=O)C(C)(C)c2ccc(Cl)cc2)CC1. The van der Waals surface area contributed by atoms with Gasteiger partial charge in [-0.1, -0.05) is 74.8 Å². The molecule has 0 N–H and O–H groups in total. The van der Waals surface area contributed by atoms with Crippen LogP contribution in [0.4, 0.5) is 0 Å². The van der Waals surface area contributed by atoms with Crippen molar-refractivity contribution in [1.29, 1.82) is 0 Å². The highest BCUT2D eigenvalue weighted by molar-refractivity contribution is 6.48. The number of amides is 1. The number of hydrogen-bond donors (Lipinski definition) is 0. The zero-order valence-electron chi connectivity index (χ0n) is 21.3. The minimum Gasteiger partial charge on any atom is -0.416 e. The van der Waals surface area contributed by atoms with Crippen molar-refractivity contribution >= 4 is 26.5 Å². The zero-order valence-corrected chi connectivity index (χ0v) is 23.2. The Kier molecular flexibility index (Phi) is 7.82. The molecule has 1 atom stereocenters. The molecule has 3 nitrogen and oxygen atoms in total. The second-order valence-corrected chi connectivity index (χ2v) is 14.2. The molecule has 33 heavy (non-hydrogen) atoms. The summed E-state index contributed by atoms with van der Waals surface area (Å²) in [4.78, 5) is 15.7. The molecule has 0 spiro atoms. The number of hydrogen-bond acceptors (Lipinski definition) is 2. The quantitative estimate of drug-likeness (QED) is 0.432. The van der Waals surface area contributed by atoms with Crippen molar-refractivity contribution in [2.75, 3.05) is 13.1 Å². The van der Waals surface area contributed by atoms with Crippen molar-refractivity contribution < 1.29 is 9.22 Å². The molecule has 0 aliphatic carbocycles. The lowest BCUT2D eigenvalue weighted by atomic mass is 9.62. The van der Waals surface area contributed by atoms with Crippen LogP contribution in [0.15, 0.2) is 54.6 Å². The fourth-order valence-corrected chi connectivity index (χ4v) is 6.74. The third kappa shape index (κ3) is 5.55. The molecule has 2 aromatic carbocycles. The summed E-state index contributed by atoms with van der Waals surface area (Å²) in [6, 6.07) is 18.5. The van der Waals surface area contributed by atoms with Crippen molar-refractivity contribution in [1.82, 2.24) is 4.90 Å². The Bertz CT molecular complexity index is 927. The third-order valence-corrected chi connectivity index (χ3v) is 8.16. The Hall–Kier alpha value is -1.62. The van der Waals surface area contributed by atoms with Gasteiger partial charge < -0.3 is 9.33 Å². The Morgan fingerprint density at radius 2 is 1.52 bits per heavy atom. The van der Waals surface area contributed by atoms with Gasteiger partial charge in [0.25, 0.3) is 0 Å². The summed E-state index contributed by atoms with van der Waals surface area (Å²) in [6.45, 7) is 16.9. The number of carbonyl (C=O) groups excluding carboxylic acids is 1. The van der Waals surface area contributed by atoms with E-state index < -0.39 is 14.5 Å². The Morgan fingerprint density at radius 1 is 0.970 bits per heavy atom. The number of benzene rings is 2. The van der Waals surface area contributed by atoms with Gasteiger partial charge in [-0.25, -0.2) is 0 Å². The number of rotatable bonds is 6. The maximum atomic E-state index is 13.7. The highest BCUT2D eigenvalue weighted by Gasteiger charge is 2.50. The topological polar surface area (TPSA) is 29.5 Å². The lowest BCUT2D eigenvalue weighted by molar-refractivity contribution is -0.139. The molecule has 2 aromatic rings. The lowest BCUT2D eigenvalue weighted by Crippen LogP contribution is -2.57. The Balaban J connectivity index is 1.90. The molecular weight excluding hydrogens is 446 g/mol. The smallest absolute Gasteiger partial charge is 0.232 e. The molecule has 180 valence electrons. The average Bonchev–Trinajstić information content (AvgIpc) is 2.77. The molecular formula is C28H40ClNO2Si. The number of piperidine rings is 1. The van der Waals surface area contributed by atoms with Crippen molar-refractivity contribution in [3.8, 4) is 0 Å². The van der Waals surface area contributed by atoms with E-state index in [4.69, 9.17) is 16.0 Å². The monoisotopic (exact) mass is 485 g/mol. The third-order valence-electron chi connectivity index (χ3n) is 7.09. The molecule has 0 aromatic heterocycles. The number of carbonyl (C=O) groups is 1. The molecule has 1 unspecified atom stereocenters. The molecule has 1 aliphatic rings. The number of nitrogens with zero attached hydrogens (tertiary/aromatic N) is 1. The number of likely N-dealkylation sites (tertiary alicyclic amines) is 1. The molecule has 1 heterocycles. The van der Waals surface area contributed by atoms with E-state index in [0.29, 0.717) is 5.02 Å². The highest BCUT2D eigenvalue weighted by atomic mass is 35.5. The summed E-state index contributed by atoms with van der Waals surface area (Å²) < 4.78 is 6.78. The maximum absolute atomic E-state index is 13.7. The van der Waals surface area contributed by atoms with Gasteiger partial charge in [-0.05, 0) is 68.5 Å². The molecule has 1 fully saturated rings. The van der Waals surface area contributed by atoms with Gasteiger partial charge in [0.05, 0.1) is 11.5 Å². The van der Waals surface area contributed by atoms with E-state index in [1.165, 1.54) is 5.56 Å². The van der Waals surface area contributed by atoms with E-state index in [2.05, 4.69) is 69.1 Å². The summed E-state index contributed by atoms with van der Waals surface area (Å²) in [6.07, 6.45) is 1.92. The van der Waals surface area contributed by atoms with Gasteiger partial charge in [-0.2, -0.15) is 0 Å². The molecule has 0 radical (unpaired) electrons. The summed E-state index contributed by atoms with van der Waals surface area (Å²) in [5.41, 5.74) is 1.64. The van der Waals surface area contributed by atoms with Gasteiger partial charge in [0.2, 0.25) is 5.91 Å². The normalized spacial score (nSPS) is 17.8. The van der Waals surface area contributed by atoms with Crippen molar-refractivity contribution in [3.63, 3.8) is 0 Å². The van der Waals surface area contributed by atoms with Crippen molar-refractivity contribution in [2.24, 2.45) is 5.41 Å². The lowest BCUT2D eigenvalue weighted by Gasteiger charge is -2.52. The van der Waals surface area contributed by atoms with Crippen LogP contribution >= 0.6 is 11.6 Å². The Labute approximate surface area is 207 Å². The van der Waals surface area contributed by atoms with Crippen molar-refractivity contribution in [3.05, 3.63) is 70.7 Å².